The number of aliphatic hydroxyl groups is 1. The van der Waals surface area contributed by atoms with Gasteiger partial charge in [0.2, 0.25) is 0 Å². The first kappa shape index (κ1) is 16.2. The van der Waals surface area contributed by atoms with Gasteiger partial charge in [0.1, 0.15) is 0 Å². The van der Waals surface area contributed by atoms with Crippen molar-refractivity contribution in [3.63, 3.8) is 0 Å². The normalized spacial score (nSPS) is 12.0. The Hall–Kier alpha value is -2.16. The first-order valence-electron chi connectivity index (χ1n) is 7.57. The Labute approximate surface area is 131 Å². The molecule has 0 amide bonds. The minimum Gasteiger partial charge on any atom is -0.396 e. The molecule has 0 spiro atoms. The molecule has 5 nitrogen and oxygen atoms in total. The predicted molar refractivity (Wildman–Crippen MR) is 85.9 cm³/mol. The number of nitriles is 1. The third-order valence-corrected chi connectivity index (χ3v) is 3.54. The average Bonchev–Trinajstić information content (AvgIpc) is 2.95. The number of aryl methyl sites for hydroxylation is 1. The fourth-order valence-corrected chi connectivity index (χ4v) is 2.29. The minimum atomic E-state index is 0.182. The molecule has 1 aromatic carbocycles. The number of hydrogen-bond donors (Lipinski definition) is 2. The summed E-state index contributed by atoms with van der Waals surface area (Å²) in [5.74, 6) is 0. The van der Waals surface area contributed by atoms with Gasteiger partial charge in [-0.25, -0.2) is 0 Å². The Morgan fingerprint density at radius 3 is 2.82 bits per heavy atom. The lowest BCUT2D eigenvalue weighted by Gasteiger charge is -2.12. The molecule has 0 radical (unpaired) electrons. The third-order valence-electron chi connectivity index (χ3n) is 3.54. The van der Waals surface area contributed by atoms with E-state index >= 15 is 0 Å². The molecule has 116 valence electrons. The van der Waals surface area contributed by atoms with Crippen molar-refractivity contribution >= 4 is 0 Å². The standard InChI is InChI=1S/C17H22N4O/c1-14(8-11-22)19-12-16-13-21(10-5-9-18)20-17(16)15-6-3-2-4-7-15/h2-4,6-7,13-14,19,22H,5,8,10-12H2,1H3. The first-order valence-corrected chi connectivity index (χ1v) is 7.57. The SMILES string of the molecule is CC(CCO)NCc1cn(CCC#N)nc1-c1ccccc1. The van der Waals surface area contributed by atoms with Crippen LogP contribution < -0.4 is 5.32 Å². The van der Waals surface area contributed by atoms with E-state index in [0.717, 1.165) is 23.2 Å². The van der Waals surface area contributed by atoms with Crippen LogP contribution in [0.5, 0.6) is 0 Å². The van der Waals surface area contributed by atoms with Gasteiger partial charge in [0, 0.05) is 36.5 Å². The monoisotopic (exact) mass is 298 g/mol. The van der Waals surface area contributed by atoms with E-state index < -0.39 is 0 Å². The smallest absolute Gasteiger partial charge is 0.0968 e. The van der Waals surface area contributed by atoms with Crippen molar-refractivity contribution in [2.24, 2.45) is 0 Å². The number of nitrogens with zero attached hydrogens (tertiary/aromatic N) is 3. The Balaban J connectivity index is 2.18. The Morgan fingerprint density at radius 2 is 2.14 bits per heavy atom. The van der Waals surface area contributed by atoms with Gasteiger partial charge in [-0.15, -0.1) is 0 Å². The molecule has 0 aliphatic rings. The minimum absolute atomic E-state index is 0.182. The van der Waals surface area contributed by atoms with Crippen LogP contribution in [0.1, 0.15) is 25.3 Å². The number of hydrogen-bond acceptors (Lipinski definition) is 4. The van der Waals surface area contributed by atoms with Gasteiger partial charge in [-0.3, -0.25) is 4.68 Å². The molecule has 2 aromatic rings. The summed E-state index contributed by atoms with van der Waals surface area (Å²) in [5, 5.41) is 25.7. The summed E-state index contributed by atoms with van der Waals surface area (Å²) < 4.78 is 1.83. The highest BCUT2D eigenvalue weighted by molar-refractivity contribution is 5.62. The van der Waals surface area contributed by atoms with Crippen molar-refractivity contribution in [1.82, 2.24) is 15.1 Å². The van der Waals surface area contributed by atoms with Crippen molar-refractivity contribution in [3.05, 3.63) is 42.1 Å². The van der Waals surface area contributed by atoms with Crippen molar-refractivity contribution in [2.75, 3.05) is 6.61 Å². The second-order valence-corrected chi connectivity index (χ2v) is 5.33. The van der Waals surface area contributed by atoms with E-state index in [1.807, 2.05) is 41.2 Å². The molecule has 1 aromatic heterocycles. The lowest BCUT2D eigenvalue weighted by Crippen LogP contribution is -2.26. The highest BCUT2D eigenvalue weighted by atomic mass is 16.3. The van der Waals surface area contributed by atoms with Gasteiger partial charge in [0.15, 0.2) is 0 Å². The lowest BCUT2D eigenvalue weighted by molar-refractivity contribution is 0.268. The molecule has 0 bridgehead atoms. The molecule has 1 heterocycles. The summed E-state index contributed by atoms with van der Waals surface area (Å²) in [4.78, 5) is 0. The summed E-state index contributed by atoms with van der Waals surface area (Å²) in [6.07, 6.45) is 3.17. The van der Waals surface area contributed by atoms with Crippen molar-refractivity contribution in [2.45, 2.75) is 38.9 Å². The van der Waals surface area contributed by atoms with Gasteiger partial charge >= 0.3 is 0 Å². The maximum atomic E-state index is 8.98. The fraction of sp³-hybridized carbons (Fsp3) is 0.412. The summed E-state index contributed by atoms with van der Waals surface area (Å²) >= 11 is 0. The summed E-state index contributed by atoms with van der Waals surface area (Å²) in [5.41, 5.74) is 3.13. The predicted octanol–water partition coefficient (Wildman–Crippen LogP) is 2.32. The highest BCUT2D eigenvalue weighted by Crippen LogP contribution is 2.22. The third kappa shape index (κ3) is 4.42. The molecular weight excluding hydrogens is 276 g/mol. The molecule has 0 fully saturated rings. The molecule has 0 aliphatic carbocycles. The van der Waals surface area contributed by atoms with Gasteiger partial charge in [-0.2, -0.15) is 10.4 Å². The van der Waals surface area contributed by atoms with Crippen LogP contribution in [0.4, 0.5) is 0 Å². The van der Waals surface area contributed by atoms with Crippen molar-refractivity contribution < 1.29 is 5.11 Å². The molecule has 0 saturated heterocycles. The van der Waals surface area contributed by atoms with Gasteiger partial charge in [0.25, 0.3) is 0 Å². The van der Waals surface area contributed by atoms with Gasteiger partial charge in [0.05, 0.1) is 24.7 Å². The largest absolute Gasteiger partial charge is 0.396 e. The van der Waals surface area contributed by atoms with Crippen LogP contribution in [-0.2, 0) is 13.1 Å². The van der Waals surface area contributed by atoms with E-state index in [1.165, 1.54) is 0 Å². The van der Waals surface area contributed by atoms with E-state index in [4.69, 9.17) is 10.4 Å². The molecular formula is C17H22N4O. The van der Waals surface area contributed by atoms with Crippen LogP contribution in [0.2, 0.25) is 0 Å². The zero-order chi connectivity index (χ0) is 15.8. The van der Waals surface area contributed by atoms with E-state index in [0.29, 0.717) is 19.5 Å². The van der Waals surface area contributed by atoms with E-state index in [9.17, 15) is 0 Å². The van der Waals surface area contributed by atoms with Crippen LogP contribution >= 0.6 is 0 Å². The molecule has 2 rings (SSSR count). The summed E-state index contributed by atoms with van der Waals surface area (Å²) in [6.45, 7) is 3.53. The molecule has 5 heteroatoms. The summed E-state index contributed by atoms with van der Waals surface area (Å²) in [6, 6.07) is 12.4. The molecule has 1 unspecified atom stereocenters. The Kier molecular flexibility index (Phi) is 6.13. The van der Waals surface area contributed by atoms with Crippen LogP contribution in [0.25, 0.3) is 11.3 Å². The molecule has 2 N–H and O–H groups in total. The van der Waals surface area contributed by atoms with Gasteiger partial charge < -0.3 is 10.4 Å². The maximum absolute atomic E-state index is 8.98. The number of aromatic nitrogens is 2. The number of rotatable bonds is 8. The molecule has 0 aliphatic heterocycles. The summed E-state index contributed by atoms with van der Waals surface area (Å²) in [7, 11) is 0. The topological polar surface area (TPSA) is 73.9 Å². The van der Waals surface area contributed by atoms with E-state index in [1.54, 1.807) is 0 Å². The first-order chi connectivity index (χ1) is 10.7. The quantitative estimate of drug-likeness (QED) is 0.784. The zero-order valence-electron chi connectivity index (χ0n) is 12.9. The van der Waals surface area contributed by atoms with Crippen molar-refractivity contribution in [1.29, 1.82) is 5.26 Å². The Morgan fingerprint density at radius 1 is 1.36 bits per heavy atom. The number of aliphatic hydroxyl groups excluding tert-OH is 1. The second-order valence-electron chi connectivity index (χ2n) is 5.33. The van der Waals surface area contributed by atoms with Crippen LogP contribution in [-0.4, -0.2) is 27.5 Å². The van der Waals surface area contributed by atoms with E-state index in [2.05, 4.69) is 23.4 Å². The van der Waals surface area contributed by atoms with Crippen LogP contribution in [0.3, 0.4) is 0 Å². The number of nitrogens with one attached hydrogen (secondary N) is 1. The number of benzene rings is 1. The highest BCUT2D eigenvalue weighted by Gasteiger charge is 2.12. The zero-order valence-corrected chi connectivity index (χ0v) is 12.9. The van der Waals surface area contributed by atoms with Crippen LogP contribution in [0.15, 0.2) is 36.5 Å². The van der Waals surface area contributed by atoms with Gasteiger partial charge in [-0.1, -0.05) is 30.3 Å². The molecule has 0 saturated carbocycles. The molecule has 1 atom stereocenters. The van der Waals surface area contributed by atoms with Crippen molar-refractivity contribution in [3.8, 4) is 17.3 Å². The Bertz CT molecular complexity index is 615. The average molecular weight is 298 g/mol. The van der Waals surface area contributed by atoms with E-state index in [-0.39, 0.29) is 12.6 Å². The molecule has 22 heavy (non-hydrogen) atoms. The fourth-order valence-electron chi connectivity index (χ4n) is 2.29. The maximum Gasteiger partial charge on any atom is 0.0968 e. The van der Waals surface area contributed by atoms with Gasteiger partial charge in [-0.05, 0) is 13.3 Å². The second kappa shape index (κ2) is 8.32. The lowest BCUT2D eigenvalue weighted by atomic mass is 10.1. The van der Waals surface area contributed by atoms with Crippen LogP contribution in [0, 0.1) is 11.3 Å².